The lowest BCUT2D eigenvalue weighted by Gasteiger charge is -2.25. The van der Waals surface area contributed by atoms with Crippen LogP contribution in [0.4, 0.5) is 0 Å². The average Bonchev–Trinajstić information content (AvgIpc) is 3.00. The highest BCUT2D eigenvalue weighted by molar-refractivity contribution is 6.05. The molecule has 2 aliphatic rings. The van der Waals surface area contributed by atoms with Gasteiger partial charge in [-0.1, -0.05) is 13.8 Å². The lowest BCUT2D eigenvalue weighted by molar-refractivity contribution is -0.141. The summed E-state index contributed by atoms with van der Waals surface area (Å²) in [6, 6.07) is 0.0177. The van der Waals surface area contributed by atoms with Gasteiger partial charge >= 0.3 is 0 Å². The molecule has 2 rings (SSSR count). The Balaban J connectivity index is 1.94. The molecule has 1 aliphatic heterocycles. The van der Waals surface area contributed by atoms with Gasteiger partial charge in [-0.25, -0.2) is 0 Å². The van der Waals surface area contributed by atoms with Crippen LogP contribution in [0, 0.1) is 0 Å². The summed E-state index contributed by atoms with van der Waals surface area (Å²) in [5, 5.41) is 3.36. The summed E-state index contributed by atoms with van der Waals surface area (Å²) < 4.78 is 5.35. The van der Waals surface area contributed by atoms with Crippen LogP contribution in [0.5, 0.6) is 0 Å². The minimum absolute atomic E-state index is 0.0255. The smallest absolute Gasteiger partial charge is 0.247 e. The standard InChI is InChI=1S/C15H26N2O3/c1-4-11(5-2)17-14(18)9-13(15(17)19)16-10-6-7-12(8-10)20-3/h10-13,16H,4-9H2,1-3H3. The first kappa shape index (κ1) is 15.4. The summed E-state index contributed by atoms with van der Waals surface area (Å²) >= 11 is 0. The largest absolute Gasteiger partial charge is 0.381 e. The number of rotatable bonds is 6. The molecule has 5 heteroatoms. The van der Waals surface area contributed by atoms with Gasteiger partial charge in [0.15, 0.2) is 0 Å². The molecule has 0 radical (unpaired) electrons. The molecule has 1 saturated heterocycles. The first-order chi connectivity index (χ1) is 9.60. The van der Waals surface area contributed by atoms with E-state index in [1.54, 1.807) is 7.11 Å². The summed E-state index contributed by atoms with van der Waals surface area (Å²) in [5.41, 5.74) is 0. The minimum Gasteiger partial charge on any atom is -0.381 e. The molecule has 0 bridgehead atoms. The van der Waals surface area contributed by atoms with E-state index in [0.29, 0.717) is 12.5 Å². The topological polar surface area (TPSA) is 58.6 Å². The normalized spacial score (nSPS) is 30.8. The predicted octanol–water partition coefficient (Wildman–Crippen LogP) is 1.46. The van der Waals surface area contributed by atoms with Crippen LogP contribution < -0.4 is 5.32 Å². The van der Waals surface area contributed by atoms with Crippen molar-refractivity contribution < 1.29 is 14.3 Å². The molecular formula is C15H26N2O3. The summed E-state index contributed by atoms with van der Waals surface area (Å²) in [4.78, 5) is 26.0. The second-order valence-corrected chi connectivity index (χ2v) is 5.86. The van der Waals surface area contributed by atoms with Crippen LogP contribution in [-0.4, -0.2) is 48.1 Å². The van der Waals surface area contributed by atoms with Crippen molar-refractivity contribution in [2.24, 2.45) is 0 Å². The molecule has 0 spiro atoms. The van der Waals surface area contributed by atoms with Crippen LogP contribution in [0.15, 0.2) is 0 Å². The van der Waals surface area contributed by atoms with Crippen molar-refractivity contribution in [1.29, 1.82) is 0 Å². The zero-order chi connectivity index (χ0) is 14.7. The van der Waals surface area contributed by atoms with E-state index in [0.717, 1.165) is 32.1 Å². The van der Waals surface area contributed by atoms with Gasteiger partial charge in [-0.2, -0.15) is 0 Å². The zero-order valence-electron chi connectivity index (χ0n) is 12.7. The Bertz CT molecular complexity index is 368. The molecule has 0 aromatic rings. The molecule has 0 aromatic carbocycles. The number of likely N-dealkylation sites (tertiary alicyclic amines) is 1. The molecule has 1 saturated carbocycles. The Morgan fingerprint density at radius 1 is 1.30 bits per heavy atom. The van der Waals surface area contributed by atoms with E-state index in [1.807, 2.05) is 13.8 Å². The van der Waals surface area contributed by atoms with Gasteiger partial charge in [-0.15, -0.1) is 0 Å². The van der Waals surface area contributed by atoms with Crippen molar-refractivity contribution in [2.75, 3.05) is 7.11 Å². The van der Waals surface area contributed by atoms with Gasteiger partial charge in [-0.05, 0) is 32.1 Å². The van der Waals surface area contributed by atoms with Crippen LogP contribution in [0.3, 0.4) is 0 Å². The van der Waals surface area contributed by atoms with Crippen LogP contribution in [-0.2, 0) is 14.3 Å². The van der Waals surface area contributed by atoms with Crippen molar-refractivity contribution in [3.8, 4) is 0 Å². The molecule has 2 fully saturated rings. The van der Waals surface area contributed by atoms with Gasteiger partial charge in [0.2, 0.25) is 11.8 Å². The number of amides is 2. The highest BCUT2D eigenvalue weighted by Crippen LogP contribution is 2.25. The Morgan fingerprint density at radius 3 is 2.55 bits per heavy atom. The van der Waals surface area contributed by atoms with Gasteiger partial charge in [0.25, 0.3) is 0 Å². The number of hydrogen-bond donors (Lipinski definition) is 1. The van der Waals surface area contributed by atoms with Crippen LogP contribution >= 0.6 is 0 Å². The van der Waals surface area contributed by atoms with E-state index < -0.39 is 0 Å². The maximum Gasteiger partial charge on any atom is 0.247 e. The molecule has 0 aromatic heterocycles. The van der Waals surface area contributed by atoms with Crippen molar-refractivity contribution >= 4 is 11.8 Å². The first-order valence-electron chi connectivity index (χ1n) is 7.75. The molecule has 20 heavy (non-hydrogen) atoms. The van der Waals surface area contributed by atoms with E-state index >= 15 is 0 Å². The monoisotopic (exact) mass is 282 g/mol. The van der Waals surface area contributed by atoms with E-state index in [4.69, 9.17) is 4.74 Å². The number of hydrogen-bond acceptors (Lipinski definition) is 4. The number of nitrogens with zero attached hydrogens (tertiary/aromatic N) is 1. The molecule has 114 valence electrons. The molecule has 1 heterocycles. The molecule has 3 atom stereocenters. The minimum atomic E-state index is -0.330. The van der Waals surface area contributed by atoms with Crippen molar-refractivity contribution in [2.45, 2.75) is 76.6 Å². The van der Waals surface area contributed by atoms with Gasteiger partial charge in [0.05, 0.1) is 18.6 Å². The number of carbonyl (C=O) groups is 2. The fourth-order valence-electron chi connectivity index (χ4n) is 3.41. The number of ether oxygens (including phenoxy) is 1. The molecule has 1 aliphatic carbocycles. The lowest BCUT2D eigenvalue weighted by atomic mass is 10.1. The quantitative estimate of drug-likeness (QED) is 0.749. The van der Waals surface area contributed by atoms with Crippen molar-refractivity contribution in [3.05, 3.63) is 0 Å². The second-order valence-electron chi connectivity index (χ2n) is 5.86. The van der Waals surface area contributed by atoms with Gasteiger partial charge < -0.3 is 10.1 Å². The van der Waals surface area contributed by atoms with E-state index in [-0.39, 0.29) is 30.0 Å². The molecular weight excluding hydrogens is 256 g/mol. The fraction of sp³-hybridized carbons (Fsp3) is 0.867. The van der Waals surface area contributed by atoms with Gasteiger partial charge in [-0.3, -0.25) is 14.5 Å². The third kappa shape index (κ3) is 3.04. The van der Waals surface area contributed by atoms with Crippen molar-refractivity contribution in [3.63, 3.8) is 0 Å². The van der Waals surface area contributed by atoms with Crippen LogP contribution in [0.1, 0.15) is 52.4 Å². The Hall–Kier alpha value is -0.940. The van der Waals surface area contributed by atoms with Gasteiger partial charge in [0.1, 0.15) is 0 Å². The Morgan fingerprint density at radius 2 is 2.00 bits per heavy atom. The highest BCUT2D eigenvalue weighted by atomic mass is 16.5. The second kappa shape index (κ2) is 6.68. The average molecular weight is 282 g/mol. The van der Waals surface area contributed by atoms with E-state index in [1.165, 1.54) is 4.90 Å². The molecule has 3 unspecified atom stereocenters. The molecule has 1 N–H and O–H groups in total. The Labute approximate surface area is 121 Å². The maximum absolute atomic E-state index is 12.4. The van der Waals surface area contributed by atoms with Crippen LogP contribution in [0.2, 0.25) is 0 Å². The third-order valence-corrected chi connectivity index (χ3v) is 4.65. The summed E-state index contributed by atoms with van der Waals surface area (Å²) in [5.74, 6) is -0.0629. The summed E-state index contributed by atoms with van der Waals surface area (Å²) in [6.45, 7) is 4.05. The summed E-state index contributed by atoms with van der Waals surface area (Å²) in [7, 11) is 1.73. The predicted molar refractivity (Wildman–Crippen MR) is 76.2 cm³/mol. The van der Waals surface area contributed by atoms with Crippen molar-refractivity contribution in [1.82, 2.24) is 10.2 Å². The maximum atomic E-state index is 12.4. The van der Waals surface area contributed by atoms with E-state index in [9.17, 15) is 9.59 Å². The van der Waals surface area contributed by atoms with Crippen LogP contribution in [0.25, 0.3) is 0 Å². The first-order valence-corrected chi connectivity index (χ1v) is 7.75. The number of carbonyl (C=O) groups excluding carboxylic acids is 2. The highest BCUT2D eigenvalue weighted by Gasteiger charge is 2.42. The lowest BCUT2D eigenvalue weighted by Crippen LogP contribution is -2.46. The third-order valence-electron chi connectivity index (χ3n) is 4.65. The SMILES string of the molecule is CCC(CC)N1C(=O)CC(NC2CCC(OC)C2)C1=O. The number of methoxy groups -OCH3 is 1. The molecule has 2 amide bonds. The summed E-state index contributed by atoms with van der Waals surface area (Å²) in [6.07, 6.45) is 5.23. The van der Waals surface area contributed by atoms with E-state index in [2.05, 4.69) is 5.32 Å². The Kier molecular flexibility index (Phi) is 5.16. The number of nitrogens with one attached hydrogen (secondary N) is 1. The zero-order valence-corrected chi connectivity index (χ0v) is 12.7. The van der Waals surface area contributed by atoms with Gasteiger partial charge in [0, 0.05) is 19.2 Å². The fourth-order valence-corrected chi connectivity index (χ4v) is 3.41. The molecule has 5 nitrogen and oxygen atoms in total. The number of imide groups is 1.